The Morgan fingerprint density at radius 3 is 2.07 bits per heavy atom. The fraction of sp³-hybridized carbons (Fsp3) is 0.440. The monoisotopic (exact) mass is 414 g/mol. The fourth-order valence-electron chi connectivity index (χ4n) is 2.91. The van der Waals surface area contributed by atoms with Crippen LogP contribution in [0.25, 0.3) is 12.2 Å². The highest BCUT2D eigenvalue weighted by atomic mass is 16.7. The number of hydrogen-bond donors (Lipinski definition) is 1. The fourth-order valence-corrected chi connectivity index (χ4v) is 2.91. The molecule has 5 heteroatoms. The third kappa shape index (κ3) is 9.44. The molecule has 0 radical (unpaired) electrons. The summed E-state index contributed by atoms with van der Waals surface area (Å²) in [7, 11) is 0. The van der Waals surface area contributed by atoms with Gasteiger partial charge in [0.2, 0.25) is 0 Å². The van der Waals surface area contributed by atoms with Crippen LogP contribution in [0, 0.1) is 0 Å². The number of aryl methyl sites for hydroxylation is 1. The molecular formula is C25H34O5. The minimum Gasteiger partial charge on any atom is -0.467 e. The number of unbranched alkanes of at least 4 members (excludes halogenated alkanes) is 2. The van der Waals surface area contributed by atoms with Gasteiger partial charge in [0.15, 0.2) is 13.6 Å². The Hall–Kier alpha value is -2.34. The maximum atomic E-state index is 8.90. The van der Waals surface area contributed by atoms with Crippen LogP contribution in [0.4, 0.5) is 0 Å². The summed E-state index contributed by atoms with van der Waals surface area (Å²) in [6.07, 6.45) is 8.17. The molecule has 0 aromatic heterocycles. The second-order valence-corrected chi connectivity index (χ2v) is 6.86. The van der Waals surface area contributed by atoms with Crippen LogP contribution in [-0.4, -0.2) is 38.5 Å². The van der Waals surface area contributed by atoms with Crippen molar-refractivity contribution < 1.29 is 24.1 Å². The first-order chi connectivity index (χ1) is 14.7. The Balaban J connectivity index is 2.07. The van der Waals surface area contributed by atoms with E-state index in [2.05, 4.69) is 30.3 Å². The van der Waals surface area contributed by atoms with Crippen molar-refractivity contribution in [2.45, 2.75) is 39.5 Å². The zero-order valence-electron chi connectivity index (χ0n) is 18.1. The lowest BCUT2D eigenvalue weighted by molar-refractivity contribution is 0.0182. The summed E-state index contributed by atoms with van der Waals surface area (Å²) in [5, 5.41) is 8.90. The average Bonchev–Trinajstić information content (AvgIpc) is 2.76. The lowest BCUT2D eigenvalue weighted by Crippen LogP contribution is -2.04. The van der Waals surface area contributed by atoms with Crippen molar-refractivity contribution >= 4 is 12.2 Å². The Kier molecular flexibility index (Phi) is 11.7. The SMILES string of the molecule is CCOCOc1cc(C=Cc2cccc(CCCCCO)c2)cc(OCOCC)c1. The minimum atomic E-state index is 0.201. The van der Waals surface area contributed by atoms with Crippen molar-refractivity contribution in [3.63, 3.8) is 0 Å². The van der Waals surface area contributed by atoms with E-state index in [0.717, 1.165) is 36.8 Å². The van der Waals surface area contributed by atoms with Crippen molar-refractivity contribution in [3.8, 4) is 11.5 Å². The molecule has 1 N–H and O–H groups in total. The predicted molar refractivity (Wildman–Crippen MR) is 121 cm³/mol. The molecule has 0 fully saturated rings. The quantitative estimate of drug-likeness (QED) is 0.243. The predicted octanol–water partition coefficient (Wildman–Crippen LogP) is 5.31. The van der Waals surface area contributed by atoms with E-state index in [4.69, 9.17) is 24.1 Å². The molecule has 0 unspecified atom stereocenters. The number of aliphatic hydroxyl groups excluding tert-OH is 1. The number of hydrogen-bond acceptors (Lipinski definition) is 5. The van der Waals surface area contributed by atoms with Crippen LogP contribution in [0.5, 0.6) is 11.5 Å². The maximum Gasteiger partial charge on any atom is 0.189 e. The van der Waals surface area contributed by atoms with Gasteiger partial charge in [0.05, 0.1) is 0 Å². The van der Waals surface area contributed by atoms with Gasteiger partial charge < -0.3 is 24.1 Å². The first kappa shape index (κ1) is 23.9. The first-order valence-electron chi connectivity index (χ1n) is 10.7. The number of aliphatic hydroxyl groups is 1. The zero-order valence-corrected chi connectivity index (χ0v) is 18.1. The van der Waals surface area contributed by atoms with E-state index in [1.165, 1.54) is 5.56 Å². The summed E-state index contributed by atoms with van der Waals surface area (Å²) < 4.78 is 21.9. The molecule has 2 rings (SSSR count). The molecule has 164 valence electrons. The molecule has 0 saturated carbocycles. The molecule has 0 aliphatic rings. The van der Waals surface area contributed by atoms with Gasteiger partial charge >= 0.3 is 0 Å². The molecule has 0 aliphatic carbocycles. The third-order valence-corrected chi connectivity index (χ3v) is 4.47. The molecule has 0 saturated heterocycles. The van der Waals surface area contributed by atoms with E-state index in [1.807, 2.05) is 38.1 Å². The van der Waals surface area contributed by atoms with E-state index in [1.54, 1.807) is 0 Å². The molecule has 2 aromatic carbocycles. The normalized spacial score (nSPS) is 11.2. The second kappa shape index (κ2) is 14.6. The highest BCUT2D eigenvalue weighted by molar-refractivity contribution is 5.71. The highest BCUT2D eigenvalue weighted by Gasteiger charge is 2.03. The third-order valence-electron chi connectivity index (χ3n) is 4.47. The molecule has 0 spiro atoms. The number of benzene rings is 2. The molecule has 0 bridgehead atoms. The van der Waals surface area contributed by atoms with E-state index >= 15 is 0 Å². The highest BCUT2D eigenvalue weighted by Crippen LogP contribution is 2.25. The van der Waals surface area contributed by atoms with Crippen molar-refractivity contribution in [1.29, 1.82) is 0 Å². The van der Waals surface area contributed by atoms with Gasteiger partial charge in [-0.25, -0.2) is 0 Å². The molecule has 5 nitrogen and oxygen atoms in total. The standard InChI is InChI=1S/C25H34O5/c1-3-27-19-29-24-16-23(17-25(18-24)30-20-28-4-2)13-12-22-11-8-10-21(15-22)9-6-5-7-14-26/h8,10-13,15-18,26H,3-7,9,14,19-20H2,1-2H3. The Morgan fingerprint density at radius 2 is 1.43 bits per heavy atom. The molecule has 0 heterocycles. The summed E-state index contributed by atoms with van der Waals surface area (Å²) in [6.45, 7) is 5.74. The van der Waals surface area contributed by atoms with Crippen LogP contribution >= 0.6 is 0 Å². The van der Waals surface area contributed by atoms with Crippen molar-refractivity contribution in [2.75, 3.05) is 33.4 Å². The summed E-state index contributed by atoms with van der Waals surface area (Å²) >= 11 is 0. The van der Waals surface area contributed by atoms with Crippen LogP contribution in [0.2, 0.25) is 0 Å². The molecule has 30 heavy (non-hydrogen) atoms. The second-order valence-electron chi connectivity index (χ2n) is 6.86. The van der Waals surface area contributed by atoms with Crippen LogP contribution < -0.4 is 9.47 Å². The molecule has 0 amide bonds. The molecule has 2 aromatic rings. The van der Waals surface area contributed by atoms with E-state index in [0.29, 0.717) is 24.7 Å². The van der Waals surface area contributed by atoms with Crippen molar-refractivity contribution in [3.05, 3.63) is 59.2 Å². The first-order valence-corrected chi connectivity index (χ1v) is 10.7. The lowest BCUT2D eigenvalue weighted by Gasteiger charge is -2.11. The summed E-state index contributed by atoms with van der Waals surface area (Å²) in [5.41, 5.74) is 3.43. The van der Waals surface area contributed by atoms with Gasteiger partial charge in [0, 0.05) is 25.9 Å². The van der Waals surface area contributed by atoms with Crippen molar-refractivity contribution in [1.82, 2.24) is 0 Å². The zero-order chi connectivity index (χ0) is 21.4. The number of rotatable bonds is 15. The van der Waals surface area contributed by atoms with Gasteiger partial charge in [-0.05, 0) is 61.9 Å². The van der Waals surface area contributed by atoms with Gasteiger partial charge in [0.25, 0.3) is 0 Å². The smallest absolute Gasteiger partial charge is 0.189 e. The summed E-state index contributed by atoms with van der Waals surface area (Å²) in [6, 6.07) is 14.3. The van der Waals surface area contributed by atoms with Crippen LogP contribution in [0.3, 0.4) is 0 Å². The molecular weight excluding hydrogens is 380 g/mol. The van der Waals surface area contributed by atoms with E-state index in [-0.39, 0.29) is 20.2 Å². The van der Waals surface area contributed by atoms with Gasteiger partial charge in [0.1, 0.15) is 11.5 Å². The minimum absolute atomic E-state index is 0.201. The lowest BCUT2D eigenvalue weighted by atomic mass is 10.0. The van der Waals surface area contributed by atoms with Crippen LogP contribution in [0.15, 0.2) is 42.5 Å². The Bertz CT molecular complexity index is 729. The Morgan fingerprint density at radius 1 is 0.767 bits per heavy atom. The Labute approximate surface area is 180 Å². The van der Waals surface area contributed by atoms with Gasteiger partial charge in [-0.1, -0.05) is 42.8 Å². The van der Waals surface area contributed by atoms with E-state index in [9.17, 15) is 0 Å². The van der Waals surface area contributed by atoms with Gasteiger partial charge in [-0.3, -0.25) is 0 Å². The summed E-state index contributed by atoms with van der Waals surface area (Å²) in [4.78, 5) is 0. The topological polar surface area (TPSA) is 57.2 Å². The van der Waals surface area contributed by atoms with Gasteiger partial charge in [-0.15, -0.1) is 0 Å². The van der Waals surface area contributed by atoms with Crippen molar-refractivity contribution in [2.24, 2.45) is 0 Å². The largest absolute Gasteiger partial charge is 0.467 e. The maximum absolute atomic E-state index is 8.90. The number of ether oxygens (including phenoxy) is 4. The molecule has 0 atom stereocenters. The molecule has 0 aliphatic heterocycles. The van der Waals surface area contributed by atoms with Crippen LogP contribution in [0.1, 0.15) is 49.8 Å². The van der Waals surface area contributed by atoms with Gasteiger partial charge in [-0.2, -0.15) is 0 Å². The van der Waals surface area contributed by atoms with E-state index < -0.39 is 0 Å². The summed E-state index contributed by atoms with van der Waals surface area (Å²) in [5.74, 6) is 1.38. The average molecular weight is 415 g/mol. The van der Waals surface area contributed by atoms with Crippen LogP contribution in [-0.2, 0) is 15.9 Å².